The molecule has 0 aromatic heterocycles. The van der Waals surface area contributed by atoms with E-state index in [4.69, 9.17) is 10.9 Å². The summed E-state index contributed by atoms with van der Waals surface area (Å²) in [5.41, 5.74) is 3.74. The summed E-state index contributed by atoms with van der Waals surface area (Å²) in [7, 11) is -3.85. The smallest absolute Gasteiger partial charge is 0.258 e. The number of amides is 1. The molecule has 0 aliphatic heterocycles. The Morgan fingerprint density at radius 1 is 0.952 bits per heavy atom. The molecule has 2 aromatic carbocycles. The summed E-state index contributed by atoms with van der Waals surface area (Å²) in [5, 5.41) is 15.7. The van der Waals surface area contributed by atoms with Crippen molar-refractivity contribution in [2.45, 2.75) is 10.5 Å². The fourth-order valence-corrected chi connectivity index (χ4v) is 2.53. The van der Waals surface area contributed by atoms with E-state index < -0.39 is 21.5 Å². The second-order valence-corrected chi connectivity index (χ2v) is 6.07. The number of carbonyl (C=O) groups excluding carboxylic acids is 1. The quantitative estimate of drug-likeness (QED) is 0.738. The van der Waals surface area contributed by atoms with Crippen molar-refractivity contribution in [1.29, 1.82) is 0 Å². The fraction of sp³-hybridized carbons (Fsp3) is 0.0714. The van der Waals surface area contributed by atoms with Gasteiger partial charge in [0.1, 0.15) is 0 Å². The highest BCUT2D eigenvalue weighted by atomic mass is 32.2. The molecule has 0 aliphatic rings. The zero-order valence-electron chi connectivity index (χ0n) is 10.9. The molecule has 6 nitrogen and oxygen atoms in total. The van der Waals surface area contributed by atoms with Crippen LogP contribution >= 0.6 is 0 Å². The summed E-state index contributed by atoms with van der Waals surface area (Å²) in [6, 6.07) is 13.2. The van der Waals surface area contributed by atoms with Gasteiger partial charge in [0.05, 0.1) is 4.90 Å². The largest absolute Gasteiger partial charge is 0.372 e. The summed E-state index contributed by atoms with van der Waals surface area (Å²) in [6.07, 6.45) is 0. The predicted molar refractivity (Wildman–Crippen MR) is 76.5 cm³/mol. The molecule has 21 heavy (non-hydrogen) atoms. The Morgan fingerprint density at radius 3 is 1.86 bits per heavy atom. The molecular weight excluding hydrogens is 292 g/mol. The number of primary amides is 1. The first kappa shape index (κ1) is 15.2. The van der Waals surface area contributed by atoms with Crippen molar-refractivity contribution in [1.82, 2.24) is 0 Å². The molecule has 0 saturated carbocycles. The minimum absolute atomic E-state index is 0.119. The van der Waals surface area contributed by atoms with Crippen LogP contribution in [-0.4, -0.2) is 19.4 Å². The van der Waals surface area contributed by atoms with E-state index in [9.17, 15) is 18.3 Å². The Kier molecular flexibility index (Phi) is 3.82. The van der Waals surface area contributed by atoms with Gasteiger partial charge in [-0.05, 0) is 23.3 Å². The third kappa shape index (κ3) is 2.80. The van der Waals surface area contributed by atoms with Gasteiger partial charge >= 0.3 is 0 Å². The molecule has 0 aliphatic carbocycles. The van der Waals surface area contributed by atoms with E-state index in [1.807, 2.05) is 0 Å². The van der Waals surface area contributed by atoms with Crippen molar-refractivity contribution >= 4 is 15.9 Å². The van der Waals surface area contributed by atoms with E-state index in [1.54, 1.807) is 30.3 Å². The number of rotatable bonds is 4. The van der Waals surface area contributed by atoms with Gasteiger partial charge in [0, 0.05) is 0 Å². The number of hydrogen-bond acceptors (Lipinski definition) is 4. The lowest BCUT2D eigenvalue weighted by atomic mass is 9.86. The zero-order valence-corrected chi connectivity index (χ0v) is 11.7. The Bertz CT molecular complexity index is 757. The number of aliphatic hydroxyl groups is 1. The van der Waals surface area contributed by atoms with Gasteiger partial charge in [-0.2, -0.15) is 0 Å². The average Bonchev–Trinajstić information content (AvgIpc) is 2.46. The molecular formula is C14H14N2O4S. The van der Waals surface area contributed by atoms with E-state index in [0.717, 1.165) is 0 Å². The van der Waals surface area contributed by atoms with Crippen LogP contribution in [0.2, 0.25) is 0 Å². The molecule has 1 amide bonds. The number of carbonyl (C=O) groups is 1. The van der Waals surface area contributed by atoms with Crippen molar-refractivity contribution in [3.05, 3.63) is 65.7 Å². The van der Waals surface area contributed by atoms with Crippen molar-refractivity contribution in [3.8, 4) is 0 Å². The van der Waals surface area contributed by atoms with E-state index in [0.29, 0.717) is 5.56 Å². The molecule has 0 radical (unpaired) electrons. The zero-order chi connectivity index (χ0) is 15.7. The molecule has 0 spiro atoms. The standard InChI is InChI=1S/C14H14N2O4S/c15-13(17)14(18,10-4-2-1-3-5-10)11-6-8-12(9-7-11)21(16,19)20/h1-9,18H,(H2,15,17)(H2,16,19,20). The lowest BCUT2D eigenvalue weighted by Gasteiger charge is -2.25. The molecule has 2 aromatic rings. The monoisotopic (exact) mass is 306 g/mol. The summed E-state index contributed by atoms with van der Waals surface area (Å²) in [6.45, 7) is 0. The summed E-state index contributed by atoms with van der Waals surface area (Å²) >= 11 is 0. The van der Waals surface area contributed by atoms with Gasteiger partial charge in [0.25, 0.3) is 5.91 Å². The molecule has 0 bridgehead atoms. The van der Waals surface area contributed by atoms with Gasteiger partial charge in [0.15, 0.2) is 5.60 Å². The minimum atomic E-state index is -3.85. The highest BCUT2D eigenvalue weighted by Crippen LogP contribution is 2.29. The molecule has 2 rings (SSSR count). The van der Waals surface area contributed by atoms with Crippen LogP contribution in [0.15, 0.2) is 59.5 Å². The average molecular weight is 306 g/mol. The van der Waals surface area contributed by atoms with E-state index >= 15 is 0 Å². The maximum Gasteiger partial charge on any atom is 0.258 e. The molecule has 0 heterocycles. The SMILES string of the molecule is NC(=O)C(O)(c1ccccc1)c1ccc(S(N)(=O)=O)cc1. The van der Waals surface area contributed by atoms with Crippen LogP contribution in [0.3, 0.4) is 0 Å². The first-order valence-corrected chi connectivity index (χ1v) is 7.52. The van der Waals surface area contributed by atoms with Crippen LogP contribution in [0, 0.1) is 0 Å². The number of primary sulfonamides is 1. The van der Waals surface area contributed by atoms with Crippen LogP contribution in [0.1, 0.15) is 11.1 Å². The number of hydrogen-bond donors (Lipinski definition) is 3. The molecule has 1 atom stereocenters. The first-order valence-electron chi connectivity index (χ1n) is 5.97. The number of benzene rings is 2. The van der Waals surface area contributed by atoms with Gasteiger partial charge in [-0.3, -0.25) is 4.79 Å². The minimum Gasteiger partial charge on any atom is -0.372 e. The second kappa shape index (κ2) is 5.28. The number of sulfonamides is 1. The van der Waals surface area contributed by atoms with Crippen LogP contribution in [0.4, 0.5) is 0 Å². The van der Waals surface area contributed by atoms with E-state index in [1.165, 1.54) is 24.3 Å². The van der Waals surface area contributed by atoms with Gasteiger partial charge in [-0.1, -0.05) is 42.5 Å². The Morgan fingerprint density at radius 2 is 1.43 bits per heavy atom. The van der Waals surface area contributed by atoms with Crippen molar-refractivity contribution in [2.24, 2.45) is 10.9 Å². The summed E-state index contributed by atoms with van der Waals surface area (Å²) < 4.78 is 22.4. The molecule has 0 fully saturated rings. The Balaban J connectivity index is 2.57. The predicted octanol–water partition coefficient (Wildman–Crippen LogP) is 0.0552. The van der Waals surface area contributed by atoms with Crippen molar-refractivity contribution in [3.63, 3.8) is 0 Å². The van der Waals surface area contributed by atoms with E-state index in [-0.39, 0.29) is 10.5 Å². The van der Waals surface area contributed by atoms with Crippen molar-refractivity contribution in [2.75, 3.05) is 0 Å². The molecule has 5 N–H and O–H groups in total. The molecule has 110 valence electrons. The van der Waals surface area contributed by atoms with Crippen LogP contribution in [-0.2, 0) is 20.4 Å². The van der Waals surface area contributed by atoms with Gasteiger partial charge in [0.2, 0.25) is 10.0 Å². The van der Waals surface area contributed by atoms with E-state index in [2.05, 4.69) is 0 Å². The van der Waals surface area contributed by atoms with Gasteiger partial charge < -0.3 is 10.8 Å². The summed E-state index contributed by atoms with van der Waals surface area (Å²) in [5.74, 6) is -0.961. The Labute approximate surface area is 122 Å². The van der Waals surface area contributed by atoms with Crippen LogP contribution in [0.25, 0.3) is 0 Å². The second-order valence-electron chi connectivity index (χ2n) is 4.51. The van der Waals surface area contributed by atoms with Gasteiger partial charge in [-0.15, -0.1) is 0 Å². The Hall–Kier alpha value is -2.22. The highest BCUT2D eigenvalue weighted by molar-refractivity contribution is 7.89. The number of nitrogens with two attached hydrogens (primary N) is 2. The van der Waals surface area contributed by atoms with Gasteiger partial charge in [-0.25, -0.2) is 13.6 Å². The highest BCUT2D eigenvalue weighted by Gasteiger charge is 2.38. The third-order valence-corrected chi connectivity index (χ3v) is 4.08. The lowest BCUT2D eigenvalue weighted by molar-refractivity contribution is -0.133. The maximum atomic E-state index is 11.7. The molecule has 7 heteroatoms. The molecule has 1 unspecified atom stereocenters. The van der Waals surface area contributed by atoms with Crippen LogP contribution in [0.5, 0.6) is 0 Å². The summed E-state index contributed by atoms with van der Waals surface area (Å²) in [4.78, 5) is 11.6. The first-order chi connectivity index (χ1) is 9.76. The van der Waals surface area contributed by atoms with Crippen LogP contribution < -0.4 is 10.9 Å². The topological polar surface area (TPSA) is 123 Å². The third-order valence-electron chi connectivity index (χ3n) is 3.15. The normalized spacial score (nSPS) is 14.4. The van der Waals surface area contributed by atoms with Crippen molar-refractivity contribution < 1.29 is 18.3 Å². The molecule has 0 saturated heterocycles. The fourth-order valence-electron chi connectivity index (χ4n) is 2.02. The lowest BCUT2D eigenvalue weighted by Crippen LogP contribution is -2.42. The maximum absolute atomic E-state index is 11.7.